The molecule has 1 fully saturated rings. The van der Waals surface area contributed by atoms with E-state index in [0.717, 1.165) is 37.1 Å². The Morgan fingerprint density at radius 2 is 1.83 bits per heavy atom. The van der Waals surface area contributed by atoms with E-state index in [1.54, 1.807) is 0 Å². The lowest BCUT2D eigenvalue weighted by Crippen LogP contribution is -2.42. The topological polar surface area (TPSA) is 90.9 Å². The van der Waals surface area contributed by atoms with E-state index in [1.165, 1.54) is 12.7 Å². The van der Waals surface area contributed by atoms with Crippen molar-refractivity contribution >= 4 is 21.7 Å². The number of nitrogens with zero attached hydrogens (tertiary/aromatic N) is 2. The molecule has 2 N–H and O–H groups in total. The molecule has 0 spiro atoms. The summed E-state index contributed by atoms with van der Waals surface area (Å²) >= 11 is 0. The Bertz CT molecular complexity index is 785. The molecule has 0 saturated carbocycles. The highest BCUT2D eigenvalue weighted by molar-refractivity contribution is 7.90. The number of rotatable bonds is 8. The van der Waals surface area contributed by atoms with Gasteiger partial charge < -0.3 is 15.5 Å². The van der Waals surface area contributed by atoms with Crippen LogP contribution in [0, 0.1) is 0 Å². The Labute approximate surface area is 174 Å². The lowest BCUT2D eigenvalue weighted by Gasteiger charge is -2.26. The van der Waals surface area contributed by atoms with Crippen LogP contribution in [0.25, 0.3) is 0 Å². The molecule has 1 amide bonds. The quantitative estimate of drug-likeness (QED) is 0.495. The van der Waals surface area contributed by atoms with E-state index in [9.17, 15) is 13.2 Å². The van der Waals surface area contributed by atoms with Gasteiger partial charge in [0.1, 0.15) is 9.84 Å². The third-order valence-electron chi connectivity index (χ3n) is 4.91. The van der Waals surface area contributed by atoms with Crippen molar-refractivity contribution in [2.45, 2.75) is 52.1 Å². The van der Waals surface area contributed by atoms with E-state index in [0.29, 0.717) is 25.5 Å². The lowest BCUT2D eigenvalue weighted by molar-refractivity contribution is 0.0724. The summed E-state index contributed by atoms with van der Waals surface area (Å²) in [5.74, 6) is 0.906. The minimum Gasteiger partial charge on any atom is -0.357 e. The molecule has 1 aliphatic heterocycles. The van der Waals surface area contributed by atoms with Crippen LogP contribution in [0.15, 0.2) is 29.3 Å². The number of likely N-dealkylation sites (tertiary alicyclic amines) is 1. The Hall–Kier alpha value is -2.09. The molecule has 29 heavy (non-hydrogen) atoms. The normalized spacial score (nSPS) is 16.4. The van der Waals surface area contributed by atoms with Crippen molar-refractivity contribution in [1.82, 2.24) is 15.5 Å². The predicted octanol–water partition coefficient (Wildman–Crippen LogP) is 2.19. The third kappa shape index (κ3) is 8.43. The monoisotopic (exact) mass is 422 g/mol. The number of carbonyl (C=O) groups is 1. The summed E-state index contributed by atoms with van der Waals surface area (Å²) < 4.78 is 22.7. The van der Waals surface area contributed by atoms with E-state index in [2.05, 4.69) is 15.6 Å². The van der Waals surface area contributed by atoms with E-state index in [1.807, 2.05) is 43.0 Å². The number of hydrogen-bond donors (Lipinski definition) is 2. The highest BCUT2D eigenvalue weighted by Crippen LogP contribution is 2.14. The standard InChI is InChI=1S/C21H34N4O3S/c1-4-22-21(24-17(2)12-15-29(3,27)28)23-16-18-8-10-19(11-9-18)20(26)25-13-6-5-7-14-25/h8-11,17H,4-7,12-16H2,1-3H3,(H2,22,23,24). The second-order valence-electron chi connectivity index (χ2n) is 7.71. The molecule has 1 aromatic rings. The number of amides is 1. The van der Waals surface area contributed by atoms with Crippen molar-refractivity contribution < 1.29 is 13.2 Å². The van der Waals surface area contributed by atoms with Crippen molar-refractivity contribution in [2.24, 2.45) is 4.99 Å². The summed E-state index contributed by atoms with van der Waals surface area (Å²) in [6, 6.07) is 7.62. The third-order valence-corrected chi connectivity index (χ3v) is 5.89. The molecule has 1 aliphatic rings. The maximum absolute atomic E-state index is 12.6. The fourth-order valence-corrected chi connectivity index (χ4v) is 4.00. The molecule has 162 valence electrons. The maximum Gasteiger partial charge on any atom is 0.253 e. The number of carbonyl (C=O) groups excluding carboxylic acids is 1. The summed E-state index contributed by atoms with van der Waals surface area (Å²) in [4.78, 5) is 19.1. The molecule has 0 aromatic heterocycles. The van der Waals surface area contributed by atoms with Crippen molar-refractivity contribution in [3.63, 3.8) is 0 Å². The minimum absolute atomic E-state index is 0.00735. The van der Waals surface area contributed by atoms with Crippen molar-refractivity contribution in [2.75, 3.05) is 31.6 Å². The zero-order valence-corrected chi connectivity index (χ0v) is 18.6. The van der Waals surface area contributed by atoms with Crippen LogP contribution in [0.4, 0.5) is 0 Å². The summed E-state index contributed by atoms with van der Waals surface area (Å²) in [6.45, 7) is 6.82. The predicted molar refractivity (Wildman–Crippen MR) is 118 cm³/mol. The second kappa shape index (κ2) is 11.2. The summed E-state index contributed by atoms with van der Waals surface area (Å²) in [5.41, 5.74) is 1.74. The fourth-order valence-electron chi connectivity index (χ4n) is 3.22. The second-order valence-corrected chi connectivity index (χ2v) is 9.97. The van der Waals surface area contributed by atoms with Gasteiger partial charge in [-0.1, -0.05) is 12.1 Å². The molecule has 1 atom stereocenters. The largest absolute Gasteiger partial charge is 0.357 e. The first-order chi connectivity index (χ1) is 13.8. The maximum atomic E-state index is 12.6. The zero-order valence-electron chi connectivity index (χ0n) is 17.8. The molecule has 0 radical (unpaired) electrons. The number of guanidine groups is 1. The van der Waals surface area contributed by atoms with Crippen LogP contribution in [0.5, 0.6) is 0 Å². The number of piperidine rings is 1. The smallest absolute Gasteiger partial charge is 0.253 e. The van der Waals surface area contributed by atoms with Crippen LogP contribution < -0.4 is 10.6 Å². The van der Waals surface area contributed by atoms with Gasteiger partial charge in [-0.2, -0.15) is 0 Å². The number of aliphatic imine (C=N–C) groups is 1. The minimum atomic E-state index is -2.97. The summed E-state index contributed by atoms with van der Waals surface area (Å²) in [7, 11) is -2.97. The lowest BCUT2D eigenvalue weighted by atomic mass is 10.1. The summed E-state index contributed by atoms with van der Waals surface area (Å²) in [6.07, 6.45) is 5.15. The SMILES string of the molecule is CCNC(=NCc1ccc(C(=O)N2CCCCC2)cc1)NC(C)CCS(C)(=O)=O. The first-order valence-electron chi connectivity index (χ1n) is 10.4. The molecular weight excluding hydrogens is 388 g/mol. The number of sulfone groups is 1. The Morgan fingerprint density at radius 1 is 1.17 bits per heavy atom. The molecule has 7 nitrogen and oxygen atoms in total. The molecule has 1 unspecified atom stereocenters. The van der Waals surface area contributed by atoms with E-state index in [4.69, 9.17) is 0 Å². The number of hydrogen-bond acceptors (Lipinski definition) is 4. The Kier molecular flexibility index (Phi) is 8.95. The highest BCUT2D eigenvalue weighted by atomic mass is 32.2. The van der Waals surface area contributed by atoms with Gasteiger partial charge in [0.05, 0.1) is 12.3 Å². The number of benzene rings is 1. The Balaban J connectivity index is 1.93. The first kappa shape index (κ1) is 23.2. The van der Waals surface area contributed by atoms with Crippen molar-refractivity contribution in [3.05, 3.63) is 35.4 Å². The molecule has 1 saturated heterocycles. The van der Waals surface area contributed by atoms with E-state index >= 15 is 0 Å². The van der Waals surface area contributed by atoms with Gasteiger partial charge in [0.2, 0.25) is 0 Å². The van der Waals surface area contributed by atoms with Crippen LogP contribution in [-0.2, 0) is 16.4 Å². The number of nitrogens with one attached hydrogen (secondary N) is 2. The van der Waals surface area contributed by atoms with Gasteiger partial charge in [-0.25, -0.2) is 13.4 Å². The molecule has 1 aromatic carbocycles. The molecule has 1 heterocycles. The average molecular weight is 423 g/mol. The van der Waals surface area contributed by atoms with Gasteiger partial charge in [0.25, 0.3) is 5.91 Å². The van der Waals surface area contributed by atoms with Gasteiger partial charge in [-0.05, 0) is 57.2 Å². The van der Waals surface area contributed by atoms with E-state index in [-0.39, 0.29) is 17.7 Å². The Morgan fingerprint density at radius 3 is 2.41 bits per heavy atom. The van der Waals surface area contributed by atoms with Gasteiger partial charge in [0.15, 0.2) is 5.96 Å². The van der Waals surface area contributed by atoms with Crippen molar-refractivity contribution in [1.29, 1.82) is 0 Å². The fraction of sp³-hybridized carbons (Fsp3) is 0.619. The summed E-state index contributed by atoms with van der Waals surface area (Å²) in [5, 5.41) is 6.43. The van der Waals surface area contributed by atoms with Gasteiger partial charge >= 0.3 is 0 Å². The first-order valence-corrected chi connectivity index (χ1v) is 12.5. The highest BCUT2D eigenvalue weighted by Gasteiger charge is 2.17. The molecule has 0 bridgehead atoms. The van der Waals surface area contributed by atoms with Crippen LogP contribution in [0.1, 0.15) is 55.5 Å². The average Bonchev–Trinajstić information content (AvgIpc) is 2.71. The van der Waals surface area contributed by atoms with E-state index < -0.39 is 9.84 Å². The van der Waals surface area contributed by atoms with Crippen LogP contribution in [0.3, 0.4) is 0 Å². The molecule has 8 heteroatoms. The van der Waals surface area contributed by atoms with Crippen LogP contribution >= 0.6 is 0 Å². The molecule has 2 rings (SSSR count). The molecular formula is C21H34N4O3S. The van der Waals surface area contributed by atoms with Gasteiger partial charge in [-0.15, -0.1) is 0 Å². The zero-order chi connectivity index (χ0) is 21.3. The van der Waals surface area contributed by atoms with Crippen LogP contribution in [-0.4, -0.2) is 62.9 Å². The van der Waals surface area contributed by atoms with Gasteiger partial charge in [-0.3, -0.25) is 4.79 Å². The van der Waals surface area contributed by atoms with Crippen LogP contribution in [0.2, 0.25) is 0 Å². The van der Waals surface area contributed by atoms with Crippen molar-refractivity contribution in [3.8, 4) is 0 Å². The molecule has 0 aliphatic carbocycles. The van der Waals surface area contributed by atoms with Gasteiger partial charge in [0, 0.05) is 37.5 Å².